The van der Waals surface area contributed by atoms with Crippen molar-refractivity contribution in [3.63, 3.8) is 0 Å². The van der Waals surface area contributed by atoms with E-state index in [1.165, 1.54) is 24.3 Å². The summed E-state index contributed by atoms with van der Waals surface area (Å²) in [6.45, 7) is 2.42. The molecule has 4 rings (SSSR count). The molecule has 0 saturated heterocycles. The molecule has 0 unspecified atom stereocenters. The first-order valence-electron chi connectivity index (χ1n) is 10.1. The molecule has 0 aliphatic carbocycles. The summed E-state index contributed by atoms with van der Waals surface area (Å²) in [7, 11) is 0. The third kappa shape index (κ3) is 6.49. The van der Waals surface area contributed by atoms with Crippen molar-refractivity contribution in [1.29, 1.82) is 0 Å². The number of rotatable bonds is 4. The highest BCUT2D eigenvalue weighted by Crippen LogP contribution is 2.46. The van der Waals surface area contributed by atoms with Crippen LogP contribution in [0.5, 0.6) is 11.5 Å². The smallest absolute Gasteiger partial charge is 0.322 e. The van der Waals surface area contributed by atoms with E-state index in [2.05, 4.69) is 5.32 Å². The van der Waals surface area contributed by atoms with E-state index in [9.17, 15) is 14.0 Å². The Hall–Kier alpha value is -2.71. The molecule has 3 aromatic carbocycles. The minimum Gasteiger partial charge on any atom is -0.486 e. The predicted octanol–water partition coefficient (Wildman–Crippen LogP) is 6.69. The van der Waals surface area contributed by atoms with E-state index in [0.29, 0.717) is 35.8 Å². The zero-order valence-electron chi connectivity index (χ0n) is 18.1. The topological polar surface area (TPSA) is 84.9 Å². The van der Waals surface area contributed by atoms with Gasteiger partial charge in [0.15, 0.2) is 11.5 Å². The van der Waals surface area contributed by atoms with Gasteiger partial charge in [0.2, 0.25) is 0 Å². The molecule has 0 fully saturated rings. The molecule has 0 atom stereocenters. The number of carbonyl (C=O) groups excluding carboxylic acids is 1. The minimum atomic E-state index is -1.13. The van der Waals surface area contributed by atoms with E-state index in [4.69, 9.17) is 61.0 Å². The summed E-state index contributed by atoms with van der Waals surface area (Å²) in [4.78, 5) is 21.7. The zero-order valence-corrected chi connectivity index (χ0v) is 21.2. The van der Waals surface area contributed by atoms with Crippen molar-refractivity contribution in [1.82, 2.24) is 5.32 Å². The van der Waals surface area contributed by atoms with E-state index in [1.54, 1.807) is 6.07 Å². The van der Waals surface area contributed by atoms with Gasteiger partial charge in [-0.2, -0.15) is 0 Å². The quantitative estimate of drug-likeness (QED) is 0.371. The summed E-state index contributed by atoms with van der Waals surface area (Å²) in [5.41, 5.74) is 2.32. The van der Waals surface area contributed by atoms with Crippen LogP contribution in [0.4, 0.5) is 4.39 Å². The third-order valence-corrected chi connectivity index (χ3v) is 5.98. The Morgan fingerprint density at radius 2 is 1.51 bits per heavy atom. The number of carboxylic acids is 1. The predicted molar refractivity (Wildman–Crippen MR) is 134 cm³/mol. The number of carboxylic acid groups (broad SMARTS) is 1. The fraction of sp³-hybridized carbons (Fsp3) is 0.167. The van der Waals surface area contributed by atoms with E-state index in [-0.39, 0.29) is 25.7 Å². The number of hydrogen-bond acceptors (Lipinski definition) is 4. The Kier molecular flexibility index (Phi) is 9.08. The van der Waals surface area contributed by atoms with Gasteiger partial charge in [-0.15, -0.1) is 0 Å². The largest absolute Gasteiger partial charge is 0.486 e. The Morgan fingerprint density at radius 1 is 0.943 bits per heavy atom. The number of benzene rings is 3. The monoisotopic (exact) mass is 559 g/mol. The van der Waals surface area contributed by atoms with Crippen LogP contribution in [0, 0.1) is 12.7 Å². The molecule has 0 radical (unpaired) electrons. The van der Waals surface area contributed by atoms with Gasteiger partial charge in [0.05, 0.1) is 25.7 Å². The van der Waals surface area contributed by atoms with Crippen molar-refractivity contribution in [3.8, 4) is 22.6 Å². The highest BCUT2D eigenvalue weighted by molar-refractivity contribution is 6.40. The van der Waals surface area contributed by atoms with Crippen molar-refractivity contribution in [3.05, 3.63) is 79.5 Å². The average Bonchev–Trinajstić information content (AvgIpc) is 2.79. The molecule has 35 heavy (non-hydrogen) atoms. The number of aryl methyl sites for hydroxylation is 1. The number of nitrogens with one attached hydrogen (secondary N) is 1. The molecule has 11 heteroatoms. The molecule has 0 aromatic heterocycles. The van der Waals surface area contributed by atoms with Gasteiger partial charge >= 0.3 is 5.97 Å². The number of carbonyl (C=O) groups is 2. The molecule has 1 aliphatic rings. The molecule has 0 bridgehead atoms. The van der Waals surface area contributed by atoms with Crippen LogP contribution in [0.25, 0.3) is 11.1 Å². The Labute approximate surface area is 220 Å². The first-order valence-corrected chi connectivity index (χ1v) is 11.6. The summed E-state index contributed by atoms with van der Waals surface area (Å²) in [5.74, 6) is -0.918. The van der Waals surface area contributed by atoms with Crippen LogP contribution < -0.4 is 14.8 Å². The number of halogens is 5. The third-order valence-electron chi connectivity index (χ3n) is 4.75. The SMILES string of the molecule is Cc1ccc(-c2c(Cl)cc(F)cc2Cl)c2c1OCCO2.O=C(O)CNC(=O)c1c(Cl)cccc1Cl. The lowest BCUT2D eigenvalue weighted by atomic mass is 10.0. The van der Waals surface area contributed by atoms with Crippen molar-refractivity contribution >= 4 is 58.3 Å². The van der Waals surface area contributed by atoms with Gasteiger partial charge in [0.25, 0.3) is 5.91 Å². The molecule has 184 valence electrons. The molecule has 1 aliphatic heterocycles. The van der Waals surface area contributed by atoms with E-state index >= 15 is 0 Å². The molecular weight excluding hydrogens is 543 g/mol. The van der Waals surface area contributed by atoms with Gasteiger partial charge in [0.1, 0.15) is 25.6 Å². The van der Waals surface area contributed by atoms with Crippen molar-refractivity contribution in [2.45, 2.75) is 6.92 Å². The second-order valence-corrected chi connectivity index (χ2v) is 8.83. The fourth-order valence-corrected chi connectivity index (χ4v) is 4.46. The number of fused-ring (bicyclic) bond motifs is 1. The molecule has 1 amide bonds. The maximum absolute atomic E-state index is 13.3. The van der Waals surface area contributed by atoms with Crippen LogP contribution in [-0.4, -0.2) is 36.7 Å². The highest BCUT2D eigenvalue weighted by atomic mass is 35.5. The molecule has 1 heterocycles. The lowest BCUT2D eigenvalue weighted by Gasteiger charge is -2.23. The average molecular weight is 561 g/mol. The fourth-order valence-electron chi connectivity index (χ4n) is 3.23. The molecule has 2 N–H and O–H groups in total. The first kappa shape index (κ1) is 26.9. The Balaban J connectivity index is 0.000000205. The van der Waals surface area contributed by atoms with E-state index < -0.39 is 24.2 Å². The number of aliphatic carboxylic acids is 1. The first-order chi connectivity index (χ1) is 16.6. The maximum atomic E-state index is 13.3. The van der Waals surface area contributed by atoms with Gasteiger partial charge in [-0.05, 0) is 36.8 Å². The molecule has 6 nitrogen and oxygen atoms in total. The highest BCUT2D eigenvalue weighted by Gasteiger charge is 2.22. The van der Waals surface area contributed by atoms with Crippen molar-refractivity contribution in [2.24, 2.45) is 0 Å². The molecule has 0 saturated carbocycles. The summed E-state index contributed by atoms with van der Waals surface area (Å²) in [6.07, 6.45) is 0. The van der Waals surface area contributed by atoms with Crippen LogP contribution in [0.3, 0.4) is 0 Å². The second-order valence-electron chi connectivity index (χ2n) is 7.20. The summed E-state index contributed by atoms with van der Waals surface area (Å²) in [5, 5.41) is 11.4. The summed E-state index contributed by atoms with van der Waals surface area (Å²) in [6, 6.07) is 10.8. The van der Waals surface area contributed by atoms with Crippen molar-refractivity contribution in [2.75, 3.05) is 19.8 Å². The Morgan fingerprint density at radius 3 is 2.09 bits per heavy atom. The molecule has 0 spiro atoms. The minimum absolute atomic E-state index is 0.0853. The van der Waals surface area contributed by atoms with Crippen LogP contribution in [0.2, 0.25) is 20.1 Å². The normalized spacial score (nSPS) is 11.8. The standard InChI is InChI=1S/C15H11Cl2FO2.C9H7Cl2NO3/c1-8-2-3-10(15-14(8)19-4-5-20-15)13-11(16)6-9(18)7-12(13)17;10-5-2-1-3-6(11)8(5)9(15)12-4-7(13)14/h2-3,6-7H,4-5H2,1H3;1-3H,4H2,(H,12,15)(H,13,14). The molecular formula is C24H18Cl4FNO5. The number of hydrogen-bond donors (Lipinski definition) is 2. The van der Waals surface area contributed by atoms with Gasteiger partial charge < -0.3 is 19.9 Å². The van der Waals surface area contributed by atoms with Gasteiger partial charge in [-0.25, -0.2) is 4.39 Å². The van der Waals surface area contributed by atoms with E-state index in [0.717, 1.165) is 5.56 Å². The zero-order chi connectivity index (χ0) is 25.7. The summed E-state index contributed by atoms with van der Waals surface area (Å²) >= 11 is 23.8. The van der Waals surface area contributed by atoms with Crippen LogP contribution in [-0.2, 0) is 4.79 Å². The molecule has 3 aromatic rings. The Bertz CT molecular complexity index is 1240. The number of amides is 1. The van der Waals surface area contributed by atoms with E-state index in [1.807, 2.05) is 19.1 Å². The number of ether oxygens (including phenoxy) is 2. The van der Waals surface area contributed by atoms with Gasteiger partial charge in [0, 0.05) is 11.1 Å². The maximum Gasteiger partial charge on any atom is 0.322 e. The summed E-state index contributed by atoms with van der Waals surface area (Å²) < 4.78 is 24.6. The van der Waals surface area contributed by atoms with Gasteiger partial charge in [-0.1, -0.05) is 64.6 Å². The van der Waals surface area contributed by atoms with Gasteiger partial charge in [-0.3, -0.25) is 9.59 Å². The van der Waals surface area contributed by atoms with Crippen molar-refractivity contribution < 1.29 is 28.6 Å². The lowest BCUT2D eigenvalue weighted by Crippen LogP contribution is -2.29. The van der Waals surface area contributed by atoms with Crippen LogP contribution in [0.15, 0.2) is 42.5 Å². The second kappa shape index (κ2) is 11.8. The van der Waals surface area contributed by atoms with Crippen LogP contribution in [0.1, 0.15) is 15.9 Å². The lowest BCUT2D eigenvalue weighted by molar-refractivity contribution is -0.135. The van der Waals surface area contributed by atoms with Crippen LogP contribution >= 0.6 is 46.4 Å².